The van der Waals surface area contributed by atoms with Gasteiger partial charge in [-0.1, -0.05) is 18.2 Å². The van der Waals surface area contributed by atoms with Crippen molar-refractivity contribution < 1.29 is 8.42 Å². The first-order chi connectivity index (χ1) is 8.09. The number of nitrogens with two attached hydrogens (primary N) is 1. The number of sulfone groups is 1. The minimum absolute atomic E-state index is 0.0682. The lowest BCUT2D eigenvalue weighted by molar-refractivity contribution is 0.591. The van der Waals surface area contributed by atoms with Gasteiger partial charge < -0.3 is 5.73 Å². The van der Waals surface area contributed by atoms with Gasteiger partial charge in [-0.15, -0.1) is 0 Å². The molecule has 0 radical (unpaired) electrons. The Labute approximate surface area is 102 Å². The predicted molar refractivity (Wildman–Crippen MR) is 66.9 cm³/mol. The maximum Gasteiger partial charge on any atom is 0.154 e. The summed E-state index contributed by atoms with van der Waals surface area (Å²) >= 11 is 0. The fraction of sp³-hybridized carbons (Fsp3) is 0.417. The standard InChI is InChI=1S/C12H16N2O2S/c13-7-3-4-8-17(15,16)10-12-6-2-1-5-11(12)9-14/h1-2,5-6H,3-4,7-8,10,13H2. The third kappa shape index (κ3) is 4.55. The Bertz CT molecular complexity index is 503. The minimum Gasteiger partial charge on any atom is -0.330 e. The highest BCUT2D eigenvalue weighted by atomic mass is 32.2. The van der Waals surface area contributed by atoms with E-state index in [9.17, 15) is 8.42 Å². The highest BCUT2D eigenvalue weighted by Crippen LogP contribution is 2.12. The molecule has 5 heteroatoms. The van der Waals surface area contributed by atoms with E-state index in [-0.39, 0.29) is 11.5 Å². The summed E-state index contributed by atoms with van der Waals surface area (Å²) in [5.74, 6) is 0.0608. The fourth-order valence-electron chi connectivity index (χ4n) is 1.53. The maximum absolute atomic E-state index is 11.8. The van der Waals surface area contributed by atoms with Gasteiger partial charge in [0.1, 0.15) is 0 Å². The van der Waals surface area contributed by atoms with Crippen LogP contribution in [0.25, 0.3) is 0 Å². The lowest BCUT2D eigenvalue weighted by Gasteiger charge is -2.05. The van der Waals surface area contributed by atoms with Crippen LogP contribution in [0.3, 0.4) is 0 Å². The first kappa shape index (κ1) is 13.7. The van der Waals surface area contributed by atoms with Crippen LogP contribution in [0.1, 0.15) is 24.0 Å². The Morgan fingerprint density at radius 3 is 2.59 bits per heavy atom. The molecule has 0 unspecified atom stereocenters. The van der Waals surface area contributed by atoms with Gasteiger partial charge >= 0.3 is 0 Å². The van der Waals surface area contributed by atoms with Crippen molar-refractivity contribution in [3.05, 3.63) is 35.4 Å². The topological polar surface area (TPSA) is 84.0 Å². The molecule has 0 heterocycles. The quantitative estimate of drug-likeness (QED) is 0.771. The molecule has 1 aromatic carbocycles. The van der Waals surface area contributed by atoms with Crippen LogP contribution in [-0.4, -0.2) is 20.7 Å². The van der Waals surface area contributed by atoms with Crippen molar-refractivity contribution in [2.24, 2.45) is 5.73 Å². The van der Waals surface area contributed by atoms with E-state index in [2.05, 4.69) is 0 Å². The van der Waals surface area contributed by atoms with Gasteiger partial charge in [0.2, 0.25) is 0 Å². The number of nitrogens with zero attached hydrogens (tertiary/aromatic N) is 1. The van der Waals surface area contributed by atoms with E-state index in [4.69, 9.17) is 11.0 Å². The Balaban J connectivity index is 2.73. The van der Waals surface area contributed by atoms with Gasteiger partial charge in [-0.2, -0.15) is 5.26 Å². The molecule has 4 nitrogen and oxygen atoms in total. The zero-order chi connectivity index (χ0) is 12.7. The molecule has 0 fully saturated rings. The summed E-state index contributed by atoms with van der Waals surface area (Å²) in [7, 11) is -3.15. The molecule has 0 amide bonds. The van der Waals surface area contributed by atoms with Crippen molar-refractivity contribution in [2.75, 3.05) is 12.3 Å². The summed E-state index contributed by atoms with van der Waals surface area (Å²) < 4.78 is 23.6. The molecule has 0 bridgehead atoms. The van der Waals surface area contributed by atoms with Crippen molar-refractivity contribution in [3.8, 4) is 6.07 Å². The molecule has 0 aromatic heterocycles. The molecule has 0 saturated carbocycles. The van der Waals surface area contributed by atoms with Gasteiger partial charge in [0.05, 0.1) is 23.1 Å². The Morgan fingerprint density at radius 2 is 1.94 bits per heavy atom. The molecular weight excluding hydrogens is 236 g/mol. The largest absolute Gasteiger partial charge is 0.330 e. The normalized spacial score (nSPS) is 11.1. The average Bonchev–Trinajstić information content (AvgIpc) is 2.29. The van der Waals surface area contributed by atoms with Crippen molar-refractivity contribution in [1.82, 2.24) is 0 Å². The highest BCUT2D eigenvalue weighted by molar-refractivity contribution is 7.90. The van der Waals surface area contributed by atoms with Gasteiger partial charge in [0.15, 0.2) is 9.84 Å². The van der Waals surface area contributed by atoms with Crippen molar-refractivity contribution >= 4 is 9.84 Å². The second-order valence-electron chi connectivity index (χ2n) is 3.86. The molecule has 1 aromatic rings. The summed E-state index contributed by atoms with van der Waals surface area (Å²) in [6, 6.07) is 8.78. The minimum atomic E-state index is -3.15. The number of benzene rings is 1. The Morgan fingerprint density at radius 1 is 1.24 bits per heavy atom. The average molecular weight is 252 g/mol. The van der Waals surface area contributed by atoms with Crippen LogP contribution in [0.5, 0.6) is 0 Å². The molecule has 0 aliphatic heterocycles. The van der Waals surface area contributed by atoms with Gasteiger partial charge in [-0.3, -0.25) is 0 Å². The van der Waals surface area contributed by atoms with E-state index >= 15 is 0 Å². The van der Waals surface area contributed by atoms with Crippen LogP contribution in [0.4, 0.5) is 0 Å². The second kappa shape index (κ2) is 6.38. The van der Waals surface area contributed by atoms with Gasteiger partial charge in [0, 0.05) is 0 Å². The van der Waals surface area contributed by atoms with Crippen molar-refractivity contribution in [1.29, 1.82) is 5.26 Å². The predicted octanol–water partition coefficient (Wildman–Crippen LogP) is 1.21. The van der Waals surface area contributed by atoms with Gasteiger partial charge in [0.25, 0.3) is 0 Å². The van der Waals surface area contributed by atoms with E-state index in [0.29, 0.717) is 30.5 Å². The summed E-state index contributed by atoms with van der Waals surface area (Å²) in [6.45, 7) is 0.504. The molecule has 0 aliphatic carbocycles. The number of unbranched alkanes of at least 4 members (excludes halogenated alkanes) is 1. The van der Waals surface area contributed by atoms with Crippen molar-refractivity contribution in [2.45, 2.75) is 18.6 Å². The Hall–Kier alpha value is -1.38. The SMILES string of the molecule is N#Cc1ccccc1CS(=O)(=O)CCCCN. The zero-order valence-electron chi connectivity index (χ0n) is 9.59. The van der Waals surface area contributed by atoms with Crippen LogP contribution < -0.4 is 5.73 Å². The molecule has 0 saturated heterocycles. The number of hydrogen-bond donors (Lipinski definition) is 1. The van der Waals surface area contributed by atoms with Crippen LogP contribution in [0.2, 0.25) is 0 Å². The summed E-state index contributed by atoms with van der Waals surface area (Å²) in [5.41, 5.74) is 6.32. The van der Waals surface area contributed by atoms with E-state index in [0.717, 1.165) is 0 Å². The van der Waals surface area contributed by atoms with E-state index < -0.39 is 9.84 Å². The lowest BCUT2D eigenvalue weighted by atomic mass is 10.1. The number of nitriles is 1. The monoisotopic (exact) mass is 252 g/mol. The highest BCUT2D eigenvalue weighted by Gasteiger charge is 2.13. The lowest BCUT2D eigenvalue weighted by Crippen LogP contribution is -2.11. The first-order valence-corrected chi connectivity index (χ1v) is 7.29. The second-order valence-corrected chi connectivity index (χ2v) is 6.04. The summed E-state index contributed by atoms with van der Waals surface area (Å²) in [5, 5.41) is 8.87. The molecule has 0 atom stereocenters. The van der Waals surface area contributed by atoms with E-state index in [1.807, 2.05) is 6.07 Å². The van der Waals surface area contributed by atoms with E-state index in [1.165, 1.54) is 0 Å². The number of hydrogen-bond acceptors (Lipinski definition) is 4. The third-order valence-electron chi connectivity index (χ3n) is 2.42. The van der Waals surface area contributed by atoms with Crippen LogP contribution in [0, 0.1) is 11.3 Å². The molecule has 1 rings (SSSR count). The molecular formula is C12H16N2O2S. The third-order valence-corrected chi connectivity index (χ3v) is 4.08. The summed E-state index contributed by atoms with van der Waals surface area (Å²) in [4.78, 5) is 0. The Kier molecular flexibility index (Phi) is 5.13. The molecule has 17 heavy (non-hydrogen) atoms. The van der Waals surface area contributed by atoms with Crippen LogP contribution in [-0.2, 0) is 15.6 Å². The molecule has 92 valence electrons. The molecule has 0 aliphatic rings. The smallest absolute Gasteiger partial charge is 0.154 e. The fourth-order valence-corrected chi connectivity index (χ4v) is 3.04. The van der Waals surface area contributed by atoms with Gasteiger partial charge in [-0.25, -0.2) is 8.42 Å². The number of rotatable bonds is 6. The zero-order valence-corrected chi connectivity index (χ0v) is 10.4. The van der Waals surface area contributed by atoms with E-state index in [1.54, 1.807) is 24.3 Å². The molecule has 0 spiro atoms. The van der Waals surface area contributed by atoms with Crippen molar-refractivity contribution in [3.63, 3.8) is 0 Å². The molecule has 2 N–H and O–H groups in total. The first-order valence-electron chi connectivity index (χ1n) is 5.47. The van der Waals surface area contributed by atoms with Gasteiger partial charge in [-0.05, 0) is 31.0 Å². The van der Waals surface area contributed by atoms with Crippen LogP contribution >= 0.6 is 0 Å². The summed E-state index contributed by atoms with van der Waals surface area (Å²) in [6.07, 6.45) is 1.28. The maximum atomic E-state index is 11.8. The van der Waals surface area contributed by atoms with Crippen LogP contribution in [0.15, 0.2) is 24.3 Å².